The molecule has 0 saturated heterocycles. The fourth-order valence-electron chi connectivity index (χ4n) is 1.38. The summed E-state index contributed by atoms with van der Waals surface area (Å²) in [6.07, 6.45) is 3.98. The van der Waals surface area contributed by atoms with Crippen LogP contribution in [0.1, 0.15) is 39.0 Å². The van der Waals surface area contributed by atoms with Gasteiger partial charge < -0.3 is 10.4 Å². The summed E-state index contributed by atoms with van der Waals surface area (Å²) in [4.78, 5) is 22.0. The van der Waals surface area contributed by atoms with E-state index in [4.69, 9.17) is 5.11 Å². The predicted molar refractivity (Wildman–Crippen MR) is 51.8 cm³/mol. The van der Waals surface area contributed by atoms with Crippen LogP contribution in [0.4, 0.5) is 0 Å². The monoisotopic (exact) mass is 199 g/mol. The number of nitrogens with one attached hydrogen (secondary N) is 1. The van der Waals surface area contributed by atoms with Gasteiger partial charge in [0.25, 0.3) is 0 Å². The van der Waals surface area contributed by atoms with Gasteiger partial charge in [0.2, 0.25) is 5.91 Å². The number of hydrogen-bond donors (Lipinski definition) is 2. The summed E-state index contributed by atoms with van der Waals surface area (Å²) in [5.41, 5.74) is 0. The first kappa shape index (κ1) is 11.0. The zero-order valence-corrected chi connectivity index (χ0v) is 8.45. The predicted octanol–water partition coefficient (Wildman–Crippen LogP) is 1.16. The minimum absolute atomic E-state index is 0.117. The van der Waals surface area contributed by atoms with E-state index in [1.54, 1.807) is 0 Å². The van der Waals surface area contributed by atoms with Crippen molar-refractivity contribution in [2.24, 2.45) is 5.92 Å². The Kier molecular flexibility index (Phi) is 3.92. The Balaban J connectivity index is 2.29. The van der Waals surface area contributed by atoms with Crippen molar-refractivity contribution in [1.29, 1.82) is 0 Å². The number of hydrogen-bond acceptors (Lipinski definition) is 2. The van der Waals surface area contributed by atoms with E-state index in [1.165, 1.54) is 0 Å². The fourth-order valence-corrected chi connectivity index (χ4v) is 1.38. The summed E-state index contributed by atoms with van der Waals surface area (Å²) in [6.45, 7) is 1.91. The number of carbonyl (C=O) groups is 2. The maximum atomic E-state index is 11.3. The molecule has 4 nitrogen and oxygen atoms in total. The van der Waals surface area contributed by atoms with Crippen LogP contribution in [0.25, 0.3) is 0 Å². The molecule has 0 bridgehead atoms. The number of aliphatic carboxylic acids is 1. The van der Waals surface area contributed by atoms with Gasteiger partial charge >= 0.3 is 5.97 Å². The summed E-state index contributed by atoms with van der Waals surface area (Å²) in [6, 6.07) is -0.703. The second-order valence-corrected chi connectivity index (χ2v) is 3.89. The molecule has 0 unspecified atom stereocenters. The average molecular weight is 199 g/mol. The third-order valence-corrected chi connectivity index (χ3v) is 2.38. The molecule has 0 aromatic heterocycles. The molecule has 1 amide bonds. The van der Waals surface area contributed by atoms with Gasteiger partial charge in [0.15, 0.2) is 0 Å². The van der Waals surface area contributed by atoms with Crippen molar-refractivity contribution in [1.82, 2.24) is 5.32 Å². The van der Waals surface area contributed by atoms with Crippen molar-refractivity contribution < 1.29 is 14.7 Å². The molecule has 0 aromatic rings. The highest BCUT2D eigenvalue weighted by atomic mass is 16.4. The molecule has 0 spiro atoms. The van der Waals surface area contributed by atoms with E-state index in [1.807, 2.05) is 6.92 Å². The molecule has 0 aliphatic heterocycles. The zero-order chi connectivity index (χ0) is 10.6. The van der Waals surface area contributed by atoms with Crippen LogP contribution in [0, 0.1) is 5.92 Å². The van der Waals surface area contributed by atoms with E-state index in [-0.39, 0.29) is 5.91 Å². The van der Waals surface area contributed by atoms with Gasteiger partial charge in [0.05, 0.1) is 0 Å². The van der Waals surface area contributed by atoms with Crippen LogP contribution < -0.4 is 5.32 Å². The van der Waals surface area contributed by atoms with Crippen LogP contribution >= 0.6 is 0 Å². The molecule has 1 fully saturated rings. The van der Waals surface area contributed by atoms with E-state index < -0.39 is 12.0 Å². The summed E-state index contributed by atoms with van der Waals surface area (Å²) < 4.78 is 0. The Morgan fingerprint density at radius 3 is 2.57 bits per heavy atom. The topological polar surface area (TPSA) is 66.4 Å². The van der Waals surface area contributed by atoms with Crippen molar-refractivity contribution in [3.63, 3.8) is 0 Å². The summed E-state index contributed by atoms with van der Waals surface area (Å²) in [7, 11) is 0. The molecule has 80 valence electrons. The molecule has 0 radical (unpaired) electrons. The highest BCUT2D eigenvalue weighted by molar-refractivity contribution is 5.83. The van der Waals surface area contributed by atoms with E-state index in [0.29, 0.717) is 18.8 Å². The highest BCUT2D eigenvalue weighted by Gasteiger charge is 2.26. The van der Waals surface area contributed by atoms with Gasteiger partial charge in [-0.3, -0.25) is 4.79 Å². The van der Waals surface area contributed by atoms with E-state index >= 15 is 0 Å². The van der Waals surface area contributed by atoms with E-state index in [9.17, 15) is 9.59 Å². The highest BCUT2D eigenvalue weighted by Crippen LogP contribution is 2.32. The van der Waals surface area contributed by atoms with Crippen LogP contribution in [0.2, 0.25) is 0 Å². The molecule has 0 heterocycles. The normalized spacial score (nSPS) is 17.5. The number of carboxylic acid groups (broad SMARTS) is 1. The molecule has 1 rings (SSSR count). The number of carboxylic acids is 1. The molecule has 14 heavy (non-hydrogen) atoms. The molecule has 1 aliphatic rings. The van der Waals surface area contributed by atoms with Crippen LogP contribution in [0.3, 0.4) is 0 Å². The summed E-state index contributed by atoms with van der Waals surface area (Å²) in [5.74, 6) is -0.546. The Morgan fingerprint density at radius 1 is 1.50 bits per heavy atom. The van der Waals surface area contributed by atoms with Crippen molar-refractivity contribution in [3.8, 4) is 0 Å². The van der Waals surface area contributed by atoms with Gasteiger partial charge in [0.1, 0.15) is 6.04 Å². The lowest BCUT2D eigenvalue weighted by molar-refractivity contribution is -0.142. The van der Waals surface area contributed by atoms with E-state index in [2.05, 4.69) is 5.32 Å². The maximum Gasteiger partial charge on any atom is 0.326 e. The molecule has 0 aromatic carbocycles. The Labute approximate surface area is 83.7 Å². The number of rotatable bonds is 6. The third kappa shape index (κ3) is 3.77. The van der Waals surface area contributed by atoms with Crippen molar-refractivity contribution >= 4 is 11.9 Å². The molecule has 2 N–H and O–H groups in total. The smallest absolute Gasteiger partial charge is 0.326 e. The third-order valence-electron chi connectivity index (χ3n) is 2.38. The first-order valence-corrected chi connectivity index (χ1v) is 5.15. The van der Waals surface area contributed by atoms with Crippen LogP contribution in [-0.4, -0.2) is 23.0 Å². The van der Waals surface area contributed by atoms with Crippen LogP contribution in [0.5, 0.6) is 0 Å². The minimum atomic E-state index is -0.934. The van der Waals surface area contributed by atoms with Crippen LogP contribution in [-0.2, 0) is 9.59 Å². The van der Waals surface area contributed by atoms with Gasteiger partial charge in [-0.05, 0) is 25.2 Å². The number of amides is 1. The first-order chi connectivity index (χ1) is 6.63. The van der Waals surface area contributed by atoms with Gasteiger partial charge in [0, 0.05) is 6.42 Å². The zero-order valence-electron chi connectivity index (χ0n) is 8.45. The fraction of sp³-hybridized carbons (Fsp3) is 0.800. The lowest BCUT2D eigenvalue weighted by atomic mass is 10.1. The van der Waals surface area contributed by atoms with Crippen molar-refractivity contribution in [3.05, 3.63) is 0 Å². The molecular formula is C10H17NO3. The lowest BCUT2D eigenvalue weighted by Gasteiger charge is -2.12. The van der Waals surface area contributed by atoms with Crippen LogP contribution in [0.15, 0.2) is 0 Å². The Morgan fingerprint density at radius 2 is 2.14 bits per heavy atom. The molecule has 1 aliphatic carbocycles. The van der Waals surface area contributed by atoms with Crippen molar-refractivity contribution in [2.45, 2.75) is 45.1 Å². The van der Waals surface area contributed by atoms with E-state index in [0.717, 1.165) is 19.3 Å². The van der Waals surface area contributed by atoms with Gasteiger partial charge in [-0.2, -0.15) is 0 Å². The SMILES string of the molecule is CCC[C@H](NC(=O)CC1CC1)C(=O)O. The lowest BCUT2D eigenvalue weighted by Crippen LogP contribution is -2.40. The van der Waals surface area contributed by atoms with Gasteiger partial charge in [-0.15, -0.1) is 0 Å². The summed E-state index contributed by atoms with van der Waals surface area (Å²) in [5, 5.41) is 11.3. The van der Waals surface area contributed by atoms with Gasteiger partial charge in [-0.1, -0.05) is 13.3 Å². The van der Waals surface area contributed by atoms with Crippen molar-refractivity contribution in [2.75, 3.05) is 0 Å². The molecule has 1 saturated carbocycles. The molecular weight excluding hydrogens is 182 g/mol. The second kappa shape index (κ2) is 4.98. The Hall–Kier alpha value is -1.06. The quantitative estimate of drug-likeness (QED) is 0.674. The largest absolute Gasteiger partial charge is 0.480 e. The van der Waals surface area contributed by atoms with Gasteiger partial charge in [-0.25, -0.2) is 4.79 Å². The molecule has 1 atom stereocenters. The first-order valence-electron chi connectivity index (χ1n) is 5.15. The number of carbonyl (C=O) groups excluding carboxylic acids is 1. The minimum Gasteiger partial charge on any atom is -0.480 e. The second-order valence-electron chi connectivity index (χ2n) is 3.89. The standard InChI is InChI=1S/C10H17NO3/c1-2-3-8(10(13)14)11-9(12)6-7-4-5-7/h7-8H,2-6H2,1H3,(H,11,12)(H,13,14)/t8-/m0/s1. The Bertz CT molecular complexity index is 223. The average Bonchev–Trinajstić information content (AvgIpc) is 2.87. The molecule has 4 heteroatoms. The summed E-state index contributed by atoms with van der Waals surface area (Å²) >= 11 is 0. The maximum absolute atomic E-state index is 11.3.